The number of nitrogens with zero attached hydrogens (tertiary/aromatic N) is 3. The summed E-state index contributed by atoms with van der Waals surface area (Å²) in [4.78, 5) is 36.4. The number of carbonyl (C=O) groups is 2. The number of aromatic nitrogens is 2. The van der Waals surface area contributed by atoms with E-state index < -0.39 is 0 Å². The van der Waals surface area contributed by atoms with Crippen LogP contribution in [0.25, 0.3) is 10.9 Å². The van der Waals surface area contributed by atoms with E-state index >= 15 is 0 Å². The minimum atomic E-state index is -0.342. The van der Waals surface area contributed by atoms with Crippen molar-refractivity contribution in [2.75, 3.05) is 60.6 Å². The average Bonchev–Trinajstić information content (AvgIpc) is 2.97. The monoisotopic (exact) mass is 548 g/mol. The molecule has 11 heteroatoms. The number of methoxy groups -OCH3 is 4. The van der Waals surface area contributed by atoms with Crippen LogP contribution in [0.1, 0.15) is 5.56 Å². The summed E-state index contributed by atoms with van der Waals surface area (Å²) in [5.74, 6) is 1.98. The quantitative estimate of drug-likeness (QED) is 0.250. The van der Waals surface area contributed by atoms with Crippen LogP contribution in [0.2, 0.25) is 0 Å². The molecular formula is C29H32N4O7. The summed E-state index contributed by atoms with van der Waals surface area (Å²) in [6, 6.07) is 9.12. The molecule has 0 atom stereocenters. The number of likely N-dealkylation sites (N-methyl/N-ethyl adjacent to an activating group) is 1. The lowest BCUT2D eigenvalue weighted by Gasteiger charge is -2.24. The number of anilines is 1. The van der Waals surface area contributed by atoms with Crippen molar-refractivity contribution >= 4 is 28.3 Å². The van der Waals surface area contributed by atoms with E-state index in [0.29, 0.717) is 71.6 Å². The highest BCUT2D eigenvalue weighted by atomic mass is 16.5. The molecule has 0 unspecified atom stereocenters. The normalized spacial score (nSPS) is 13.0. The van der Waals surface area contributed by atoms with Gasteiger partial charge in [0, 0.05) is 44.3 Å². The molecule has 1 heterocycles. The molecule has 0 bridgehead atoms. The van der Waals surface area contributed by atoms with Gasteiger partial charge >= 0.3 is 0 Å². The molecule has 0 aliphatic heterocycles. The summed E-state index contributed by atoms with van der Waals surface area (Å²) in [7, 11) is 8.07. The average molecular weight is 549 g/mol. The number of hydrogen-bond acceptors (Lipinski definition) is 11. The molecule has 4 rings (SSSR count). The van der Waals surface area contributed by atoms with Crippen molar-refractivity contribution in [3.8, 4) is 23.0 Å². The number of nitrogens with one attached hydrogen (secondary N) is 1. The summed E-state index contributed by atoms with van der Waals surface area (Å²) in [5, 5.41) is 3.60. The Balaban J connectivity index is 1.48. The van der Waals surface area contributed by atoms with Crippen LogP contribution in [-0.2, 0) is 20.7 Å². The second kappa shape index (κ2) is 12.9. The fourth-order valence-corrected chi connectivity index (χ4v) is 4.20. The first-order valence-corrected chi connectivity index (χ1v) is 12.5. The van der Waals surface area contributed by atoms with Crippen molar-refractivity contribution in [3.63, 3.8) is 0 Å². The van der Waals surface area contributed by atoms with Crippen LogP contribution in [0.3, 0.4) is 0 Å². The van der Waals surface area contributed by atoms with Gasteiger partial charge in [-0.2, -0.15) is 0 Å². The summed E-state index contributed by atoms with van der Waals surface area (Å²) in [5.41, 5.74) is 2.01. The highest BCUT2D eigenvalue weighted by molar-refractivity contribution is 6.21. The molecule has 3 aromatic rings. The number of rotatable bonds is 13. The SMILES string of the molecule is COCCOc1cc2ncnc(NC3=CC(=O)C(N(C)CCc4ccc(OC)c(OC)c4)=CC3=O)c2cc1OC. The number of ether oxygens (including phenoxy) is 5. The van der Waals surface area contributed by atoms with E-state index in [1.807, 2.05) is 18.2 Å². The Labute approximate surface area is 232 Å². The van der Waals surface area contributed by atoms with E-state index in [9.17, 15) is 9.59 Å². The molecule has 210 valence electrons. The molecule has 0 spiro atoms. The van der Waals surface area contributed by atoms with Gasteiger partial charge in [0.05, 0.1) is 44.8 Å². The molecule has 1 aromatic heterocycles. The molecule has 0 saturated carbocycles. The van der Waals surface area contributed by atoms with Gasteiger partial charge in [-0.05, 0) is 30.2 Å². The smallest absolute Gasteiger partial charge is 0.204 e. The molecule has 11 nitrogen and oxygen atoms in total. The second-order valence-electron chi connectivity index (χ2n) is 8.89. The summed E-state index contributed by atoms with van der Waals surface area (Å²) in [6.45, 7) is 1.28. The molecule has 1 aliphatic carbocycles. The minimum Gasteiger partial charge on any atom is -0.493 e. The van der Waals surface area contributed by atoms with Crippen LogP contribution >= 0.6 is 0 Å². The summed E-state index contributed by atoms with van der Waals surface area (Å²) >= 11 is 0. The number of hydrogen-bond donors (Lipinski definition) is 1. The zero-order valence-corrected chi connectivity index (χ0v) is 23.1. The highest BCUT2D eigenvalue weighted by Crippen LogP contribution is 2.34. The molecule has 1 N–H and O–H groups in total. The number of benzene rings is 2. The lowest BCUT2D eigenvalue weighted by atomic mass is 10.0. The predicted octanol–water partition coefficient (Wildman–Crippen LogP) is 3.19. The fourth-order valence-electron chi connectivity index (χ4n) is 4.20. The van der Waals surface area contributed by atoms with Crippen LogP contribution in [0.5, 0.6) is 23.0 Å². The van der Waals surface area contributed by atoms with Crippen molar-refractivity contribution in [1.29, 1.82) is 0 Å². The Kier molecular flexibility index (Phi) is 9.18. The van der Waals surface area contributed by atoms with Crippen LogP contribution in [-0.4, -0.2) is 81.7 Å². The standard InChI is InChI=1S/C29H32N4O7/c1-33(9-8-18-6-7-25(37-3)26(12-18)38-4)22-16-23(34)21(14-24(22)35)32-29-19-13-27(39-5)28(40-11-10-36-2)15-20(19)30-17-31-29/h6-7,12-17H,8-11H2,1-5H3,(H,30,31,32). The highest BCUT2D eigenvalue weighted by Gasteiger charge is 2.24. The third-order valence-corrected chi connectivity index (χ3v) is 6.38. The van der Waals surface area contributed by atoms with Gasteiger partial charge in [-0.25, -0.2) is 9.97 Å². The number of carbonyl (C=O) groups excluding carboxylic acids is 2. The Morgan fingerprint density at radius 1 is 0.825 bits per heavy atom. The van der Waals surface area contributed by atoms with E-state index in [4.69, 9.17) is 23.7 Å². The first-order valence-electron chi connectivity index (χ1n) is 12.5. The summed E-state index contributed by atoms with van der Waals surface area (Å²) < 4.78 is 26.9. The number of fused-ring (bicyclic) bond motifs is 1. The van der Waals surface area contributed by atoms with Crippen LogP contribution in [0.4, 0.5) is 5.82 Å². The third kappa shape index (κ3) is 6.32. The van der Waals surface area contributed by atoms with Gasteiger partial charge in [0.15, 0.2) is 23.0 Å². The van der Waals surface area contributed by atoms with Gasteiger partial charge < -0.3 is 33.9 Å². The lowest BCUT2D eigenvalue weighted by Crippen LogP contribution is -2.30. The van der Waals surface area contributed by atoms with E-state index in [0.717, 1.165) is 5.56 Å². The van der Waals surface area contributed by atoms with Gasteiger partial charge in [-0.1, -0.05) is 6.07 Å². The van der Waals surface area contributed by atoms with Crippen molar-refractivity contribution in [1.82, 2.24) is 14.9 Å². The predicted molar refractivity (Wildman–Crippen MR) is 149 cm³/mol. The van der Waals surface area contributed by atoms with Crippen LogP contribution in [0, 0.1) is 0 Å². The van der Waals surface area contributed by atoms with Gasteiger partial charge in [0.25, 0.3) is 0 Å². The Morgan fingerprint density at radius 3 is 2.30 bits per heavy atom. The lowest BCUT2D eigenvalue weighted by molar-refractivity contribution is -0.116. The van der Waals surface area contributed by atoms with E-state index in [1.54, 1.807) is 45.4 Å². The molecule has 0 fully saturated rings. The minimum absolute atomic E-state index is 0.112. The van der Waals surface area contributed by atoms with Gasteiger partial charge in [0.1, 0.15) is 18.8 Å². The zero-order valence-electron chi connectivity index (χ0n) is 23.1. The molecule has 0 amide bonds. The van der Waals surface area contributed by atoms with Crippen molar-refractivity contribution in [2.24, 2.45) is 0 Å². The largest absolute Gasteiger partial charge is 0.493 e. The van der Waals surface area contributed by atoms with Gasteiger partial charge in [0.2, 0.25) is 11.6 Å². The van der Waals surface area contributed by atoms with Crippen molar-refractivity contribution < 1.29 is 33.3 Å². The Bertz CT molecular complexity index is 1470. The fraction of sp³-hybridized carbons (Fsp3) is 0.310. The van der Waals surface area contributed by atoms with E-state index in [1.165, 1.54) is 25.6 Å². The zero-order chi connectivity index (χ0) is 28.6. The third-order valence-electron chi connectivity index (χ3n) is 6.38. The van der Waals surface area contributed by atoms with Crippen LogP contribution in [0.15, 0.2) is 60.2 Å². The second-order valence-corrected chi connectivity index (χ2v) is 8.89. The molecule has 1 aliphatic rings. The number of ketones is 2. The molecule has 0 saturated heterocycles. The molecule has 0 radical (unpaired) electrons. The maximum absolute atomic E-state index is 13.0. The van der Waals surface area contributed by atoms with Gasteiger partial charge in [-0.15, -0.1) is 0 Å². The van der Waals surface area contributed by atoms with Crippen LogP contribution < -0.4 is 24.3 Å². The molecule has 40 heavy (non-hydrogen) atoms. The van der Waals surface area contributed by atoms with Crippen molar-refractivity contribution in [3.05, 3.63) is 65.8 Å². The summed E-state index contributed by atoms with van der Waals surface area (Å²) in [6.07, 6.45) is 4.63. The van der Waals surface area contributed by atoms with E-state index in [2.05, 4.69) is 15.3 Å². The molecular weight excluding hydrogens is 516 g/mol. The van der Waals surface area contributed by atoms with Crippen molar-refractivity contribution in [2.45, 2.75) is 6.42 Å². The number of allylic oxidation sites excluding steroid dienone is 2. The molecule has 2 aromatic carbocycles. The topological polar surface area (TPSA) is 121 Å². The first-order chi connectivity index (χ1) is 19.4. The Hall–Kier alpha value is -4.64. The maximum Gasteiger partial charge on any atom is 0.204 e. The maximum atomic E-state index is 13.0. The Morgan fingerprint density at radius 2 is 1.57 bits per heavy atom. The van der Waals surface area contributed by atoms with E-state index in [-0.39, 0.29) is 17.3 Å². The van der Waals surface area contributed by atoms with Gasteiger partial charge in [-0.3, -0.25) is 9.59 Å². The first kappa shape index (κ1) is 28.4.